The second kappa shape index (κ2) is 11.4. The SMILES string of the molecule is CC(C)(C)C(=O)N1CC(NC(=O)Nc2cccc(C(=O)O)c2)C(=O)N(CC(=O)c2ccccc2)c2ccccc21. The molecule has 0 radical (unpaired) electrons. The Morgan fingerprint density at radius 2 is 1.50 bits per heavy atom. The molecular weight excluding hydrogens is 512 g/mol. The molecule has 1 aliphatic rings. The van der Waals surface area contributed by atoms with Crippen LogP contribution in [0.25, 0.3) is 0 Å². The van der Waals surface area contributed by atoms with E-state index in [-0.39, 0.29) is 36.0 Å². The molecule has 0 spiro atoms. The van der Waals surface area contributed by atoms with E-state index in [9.17, 15) is 29.1 Å². The van der Waals surface area contributed by atoms with Gasteiger partial charge in [-0.25, -0.2) is 9.59 Å². The van der Waals surface area contributed by atoms with Crippen molar-refractivity contribution in [1.82, 2.24) is 5.32 Å². The third kappa shape index (κ3) is 6.17. The number of amides is 4. The predicted octanol–water partition coefficient (Wildman–Crippen LogP) is 4.18. The molecule has 40 heavy (non-hydrogen) atoms. The average Bonchev–Trinajstić information content (AvgIpc) is 3.03. The van der Waals surface area contributed by atoms with Gasteiger partial charge in [0, 0.05) is 16.7 Å². The first-order chi connectivity index (χ1) is 19.0. The number of para-hydroxylation sites is 2. The summed E-state index contributed by atoms with van der Waals surface area (Å²) in [5.41, 5.74) is 0.603. The van der Waals surface area contributed by atoms with Crippen molar-refractivity contribution in [2.45, 2.75) is 26.8 Å². The number of ketones is 1. The van der Waals surface area contributed by atoms with Gasteiger partial charge in [-0.1, -0.05) is 69.3 Å². The van der Waals surface area contributed by atoms with Crippen LogP contribution in [0.2, 0.25) is 0 Å². The number of carboxylic acid groups (broad SMARTS) is 1. The molecule has 3 N–H and O–H groups in total. The lowest BCUT2D eigenvalue weighted by molar-refractivity contribution is -0.126. The minimum Gasteiger partial charge on any atom is -0.478 e. The van der Waals surface area contributed by atoms with E-state index >= 15 is 0 Å². The molecule has 10 heteroatoms. The summed E-state index contributed by atoms with van der Waals surface area (Å²) in [6, 6.07) is 19.0. The van der Waals surface area contributed by atoms with Crippen LogP contribution in [0.5, 0.6) is 0 Å². The number of benzene rings is 3. The lowest BCUT2D eigenvalue weighted by atomic mass is 9.94. The molecule has 0 saturated heterocycles. The Morgan fingerprint density at radius 1 is 0.875 bits per heavy atom. The maximum absolute atomic E-state index is 13.9. The predicted molar refractivity (Wildman–Crippen MR) is 151 cm³/mol. The van der Waals surface area contributed by atoms with Gasteiger partial charge in [0.25, 0.3) is 5.91 Å². The summed E-state index contributed by atoms with van der Waals surface area (Å²) in [6.45, 7) is 4.78. The van der Waals surface area contributed by atoms with E-state index in [2.05, 4.69) is 10.6 Å². The van der Waals surface area contributed by atoms with Gasteiger partial charge in [-0.3, -0.25) is 14.4 Å². The number of rotatable bonds is 6. The van der Waals surface area contributed by atoms with Gasteiger partial charge in [-0.05, 0) is 30.3 Å². The zero-order chi connectivity index (χ0) is 29.0. The second-order valence-electron chi connectivity index (χ2n) is 10.4. The minimum absolute atomic E-state index is 0.0219. The third-order valence-corrected chi connectivity index (χ3v) is 6.35. The summed E-state index contributed by atoms with van der Waals surface area (Å²) in [5, 5.41) is 14.4. The van der Waals surface area contributed by atoms with E-state index in [1.54, 1.807) is 75.4 Å². The first kappa shape index (κ1) is 28.0. The Labute approximate surface area is 231 Å². The van der Waals surface area contributed by atoms with Gasteiger partial charge < -0.3 is 25.5 Å². The van der Waals surface area contributed by atoms with Crippen molar-refractivity contribution >= 4 is 46.7 Å². The molecule has 3 aromatic rings. The van der Waals surface area contributed by atoms with Crippen molar-refractivity contribution in [3.63, 3.8) is 0 Å². The van der Waals surface area contributed by atoms with Crippen LogP contribution in [0.4, 0.5) is 21.9 Å². The highest BCUT2D eigenvalue weighted by Crippen LogP contribution is 2.35. The highest BCUT2D eigenvalue weighted by molar-refractivity contribution is 6.13. The average molecular weight is 543 g/mol. The Morgan fingerprint density at radius 3 is 2.15 bits per heavy atom. The molecule has 0 aromatic heterocycles. The number of Topliss-reactive ketones (excluding diaryl/α,β-unsaturated/α-hetero) is 1. The van der Waals surface area contributed by atoms with Crippen LogP contribution in [0.3, 0.4) is 0 Å². The summed E-state index contributed by atoms with van der Waals surface area (Å²) in [6.07, 6.45) is 0. The van der Waals surface area contributed by atoms with E-state index < -0.39 is 29.4 Å². The van der Waals surface area contributed by atoms with Gasteiger partial charge in [0.15, 0.2) is 5.78 Å². The number of fused-ring (bicyclic) bond motifs is 1. The van der Waals surface area contributed by atoms with Crippen LogP contribution in [-0.2, 0) is 9.59 Å². The first-order valence-electron chi connectivity index (χ1n) is 12.7. The molecule has 0 fully saturated rings. The van der Waals surface area contributed by atoms with Crippen LogP contribution < -0.4 is 20.4 Å². The van der Waals surface area contributed by atoms with Crippen LogP contribution in [0.15, 0.2) is 78.9 Å². The number of urea groups is 1. The second-order valence-corrected chi connectivity index (χ2v) is 10.4. The van der Waals surface area contributed by atoms with Crippen LogP contribution in [0.1, 0.15) is 41.5 Å². The zero-order valence-corrected chi connectivity index (χ0v) is 22.4. The van der Waals surface area contributed by atoms with Crippen LogP contribution in [0, 0.1) is 5.41 Å². The number of aromatic carboxylic acids is 1. The molecule has 4 amide bonds. The molecule has 206 valence electrons. The lowest BCUT2D eigenvalue weighted by Gasteiger charge is -2.30. The van der Waals surface area contributed by atoms with E-state index in [1.807, 2.05) is 0 Å². The number of carbonyl (C=O) groups excluding carboxylic acids is 4. The first-order valence-corrected chi connectivity index (χ1v) is 12.7. The van der Waals surface area contributed by atoms with Crippen molar-refractivity contribution < 1.29 is 29.1 Å². The van der Waals surface area contributed by atoms with Gasteiger partial charge in [-0.15, -0.1) is 0 Å². The normalized spacial score (nSPS) is 15.1. The number of nitrogens with one attached hydrogen (secondary N) is 2. The van der Waals surface area contributed by atoms with Crippen molar-refractivity contribution in [2.24, 2.45) is 5.41 Å². The van der Waals surface area contributed by atoms with Gasteiger partial charge in [-0.2, -0.15) is 0 Å². The van der Waals surface area contributed by atoms with Gasteiger partial charge in [0.05, 0.1) is 30.0 Å². The minimum atomic E-state index is -1.22. The number of carbonyl (C=O) groups is 5. The van der Waals surface area contributed by atoms with Crippen molar-refractivity contribution in [3.8, 4) is 0 Å². The molecule has 10 nitrogen and oxygen atoms in total. The molecule has 1 unspecified atom stereocenters. The molecular formula is C30H30N4O6. The summed E-state index contributed by atoms with van der Waals surface area (Å²) in [4.78, 5) is 67.7. The monoisotopic (exact) mass is 542 g/mol. The summed E-state index contributed by atoms with van der Waals surface area (Å²) in [5.74, 6) is -2.32. The molecule has 1 atom stereocenters. The highest BCUT2D eigenvalue weighted by atomic mass is 16.4. The molecule has 1 heterocycles. The Bertz CT molecular complexity index is 1460. The molecule has 0 saturated carbocycles. The van der Waals surface area contributed by atoms with Gasteiger partial charge in [0.2, 0.25) is 5.91 Å². The Hall–Kier alpha value is -4.99. The summed E-state index contributed by atoms with van der Waals surface area (Å²) >= 11 is 0. The molecule has 3 aromatic carbocycles. The number of carboxylic acids is 1. The maximum Gasteiger partial charge on any atom is 0.335 e. The number of hydrogen-bond acceptors (Lipinski definition) is 5. The van der Waals surface area contributed by atoms with Crippen molar-refractivity contribution in [1.29, 1.82) is 0 Å². The zero-order valence-electron chi connectivity index (χ0n) is 22.4. The maximum atomic E-state index is 13.9. The van der Waals surface area contributed by atoms with Crippen LogP contribution >= 0.6 is 0 Å². The molecule has 4 rings (SSSR count). The van der Waals surface area contributed by atoms with E-state index in [0.29, 0.717) is 16.9 Å². The number of nitrogens with zero attached hydrogens (tertiary/aromatic N) is 2. The standard InChI is InChI=1S/C30H30N4O6/c1-30(2,3)28(39)34-17-22(32-29(40)31-21-13-9-12-20(16-21)27(37)38)26(36)33(23-14-7-8-15-24(23)34)18-25(35)19-10-5-4-6-11-19/h4-16,22H,17-18H2,1-3H3,(H,37,38)(H2,31,32,40). The van der Waals surface area contributed by atoms with Gasteiger partial charge >= 0.3 is 12.0 Å². The van der Waals surface area contributed by atoms with Gasteiger partial charge in [0.1, 0.15) is 6.04 Å². The van der Waals surface area contributed by atoms with E-state index in [1.165, 1.54) is 34.1 Å². The summed E-state index contributed by atoms with van der Waals surface area (Å²) in [7, 11) is 0. The lowest BCUT2D eigenvalue weighted by Crippen LogP contribution is -2.55. The van der Waals surface area contributed by atoms with Crippen molar-refractivity contribution in [3.05, 3.63) is 90.0 Å². The number of anilines is 3. The fourth-order valence-corrected chi connectivity index (χ4v) is 4.37. The van der Waals surface area contributed by atoms with Crippen molar-refractivity contribution in [2.75, 3.05) is 28.2 Å². The fraction of sp³-hybridized carbons (Fsp3) is 0.233. The van der Waals surface area contributed by atoms with Crippen LogP contribution in [-0.4, -0.2) is 53.8 Å². The molecule has 1 aliphatic heterocycles. The van der Waals surface area contributed by atoms with E-state index in [0.717, 1.165) is 0 Å². The highest BCUT2D eigenvalue weighted by Gasteiger charge is 2.40. The van der Waals surface area contributed by atoms with E-state index in [4.69, 9.17) is 0 Å². The largest absolute Gasteiger partial charge is 0.478 e. The third-order valence-electron chi connectivity index (χ3n) is 6.35. The topological polar surface area (TPSA) is 136 Å². The Balaban J connectivity index is 1.69. The fourth-order valence-electron chi connectivity index (χ4n) is 4.37. The number of hydrogen-bond donors (Lipinski definition) is 3. The molecule has 0 bridgehead atoms. The quantitative estimate of drug-likeness (QED) is 0.400. The Kier molecular flexibility index (Phi) is 7.99. The molecule has 0 aliphatic carbocycles. The summed E-state index contributed by atoms with van der Waals surface area (Å²) < 4.78 is 0. The smallest absolute Gasteiger partial charge is 0.335 e.